The molecule has 1 amide bonds. The Morgan fingerprint density at radius 2 is 1.93 bits per heavy atom. The van der Waals surface area contributed by atoms with E-state index in [1.807, 2.05) is 0 Å². The lowest BCUT2D eigenvalue weighted by Gasteiger charge is -2.40. The van der Waals surface area contributed by atoms with Gasteiger partial charge in [0.15, 0.2) is 6.54 Å². The highest BCUT2D eigenvalue weighted by Gasteiger charge is 2.37. The Bertz CT molecular complexity index is 795. The second kappa shape index (κ2) is 8.47. The van der Waals surface area contributed by atoms with Gasteiger partial charge >= 0.3 is 0 Å². The molecular weight excluding hydrogens is 386 g/mol. The molecule has 27 heavy (non-hydrogen) atoms. The van der Waals surface area contributed by atoms with Gasteiger partial charge in [0.25, 0.3) is 5.91 Å². The van der Waals surface area contributed by atoms with Crippen molar-refractivity contribution >= 4 is 33.2 Å². The third-order valence-corrected chi connectivity index (χ3v) is 8.03. The van der Waals surface area contributed by atoms with Gasteiger partial charge in [0, 0.05) is 20.0 Å². The molecule has 1 unspecified atom stereocenters. The zero-order valence-electron chi connectivity index (χ0n) is 16.0. The van der Waals surface area contributed by atoms with Crippen molar-refractivity contribution < 1.29 is 18.1 Å². The average Bonchev–Trinajstić information content (AvgIpc) is 2.63. The van der Waals surface area contributed by atoms with Crippen molar-refractivity contribution in [1.29, 1.82) is 0 Å². The van der Waals surface area contributed by atoms with Gasteiger partial charge in [0.1, 0.15) is 0 Å². The van der Waals surface area contributed by atoms with E-state index in [9.17, 15) is 13.2 Å². The number of fused-ring (bicyclic) bond motifs is 1. The first-order valence-corrected chi connectivity index (χ1v) is 11.5. The molecule has 2 fully saturated rings. The van der Waals surface area contributed by atoms with Gasteiger partial charge in [-0.1, -0.05) is 18.0 Å². The second-order valence-corrected chi connectivity index (χ2v) is 10.4. The lowest BCUT2D eigenvalue weighted by atomic mass is 9.78. The summed E-state index contributed by atoms with van der Waals surface area (Å²) in [5.74, 6) is 0.630. The molecule has 1 aromatic carbocycles. The number of nitrogens with one attached hydrogen (secondary N) is 2. The number of rotatable bonds is 5. The van der Waals surface area contributed by atoms with Gasteiger partial charge in [0.2, 0.25) is 10.0 Å². The van der Waals surface area contributed by atoms with E-state index < -0.39 is 10.0 Å². The third-order valence-electron chi connectivity index (χ3n) is 5.88. The van der Waals surface area contributed by atoms with Gasteiger partial charge in [0.05, 0.1) is 28.2 Å². The molecule has 0 bridgehead atoms. The van der Waals surface area contributed by atoms with E-state index in [2.05, 4.69) is 5.32 Å². The smallest absolute Gasteiger partial charge is 0.279 e. The molecule has 1 saturated heterocycles. The fourth-order valence-electron chi connectivity index (χ4n) is 4.46. The molecule has 3 rings (SSSR count). The maximum absolute atomic E-state index is 12.7. The number of hydrogen-bond donors (Lipinski definition) is 2. The summed E-state index contributed by atoms with van der Waals surface area (Å²) in [6.07, 6.45) is 7.50. The van der Waals surface area contributed by atoms with Crippen molar-refractivity contribution in [2.75, 3.05) is 32.5 Å². The quantitative estimate of drug-likeness (QED) is 0.771. The molecule has 8 heteroatoms. The summed E-state index contributed by atoms with van der Waals surface area (Å²) >= 11 is 6.19. The van der Waals surface area contributed by atoms with Crippen LogP contribution in [0.2, 0.25) is 5.02 Å². The van der Waals surface area contributed by atoms with Gasteiger partial charge in [-0.15, -0.1) is 0 Å². The summed E-state index contributed by atoms with van der Waals surface area (Å²) in [5.41, 5.74) is 0.348. The molecule has 2 aliphatic rings. The fraction of sp³-hybridized carbons (Fsp3) is 0.632. The highest BCUT2D eigenvalue weighted by molar-refractivity contribution is 7.89. The van der Waals surface area contributed by atoms with Crippen LogP contribution in [0.15, 0.2) is 23.1 Å². The van der Waals surface area contributed by atoms with Crippen LogP contribution in [0.4, 0.5) is 5.69 Å². The molecule has 0 radical (unpaired) electrons. The van der Waals surface area contributed by atoms with Gasteiger partial charge < -0.3 is 10.2 Å². The zero-order chi connectivity index (χ0) is 19.6. The topological polar surface area (TPSA) is 70.9 Å². The number of hydrogen-bond acceptors (Lipinski definition) is 3. The summed E-state index contributed by atoms with van der Waals surface area (Å²) in [6, 6.07) is 4.98. The highest BCUT2D eigenvalue weighted by atomic mass is 35.5. The lowest BCUT2D eigenvalue weighted by Crippen LogP contribution is -3.18. The number of sulfonamides is 1. The first-order valence-electron chi connectivity index (χ1n) is 9.65. The Kier molecular flexibility index (Phi) is 6.46. The maximum Gasteiger partial charge on any atom is 0.279 e. The fourth-order valence-corrected chi connectivity index (χ4v) is 5.55. The SMILES string of the molecule is CN(C)S(=O)(=O)c1ccc(Cl)c(NC(=O)C[NH+]2CCC[C@H]3CCCC[C@@H]32)c1. The van der Waals surface area contributed by atoms with Gasteiger partial charge in [-0.25, -0.2) is 12.7 Å². The van der Waals surface area contributed by atoms with Gasteiger partial charge in [-0.05, 0) is 50.3 Å². The largest absolute Gasteiger partial charge is 0.324 e. The van der Waals surface area contributed by atoms with Crippen molar-refractivity contribution in [3.05, 3.63) is 23.2 Å². The van der Waals surface area contributed by atoms with Crippen molar-refractivity contribution in [1.82, 2.24) is 4.31 Å². The Balaban J connectivity index is 1.70. The monoisotopic (exact) mass is 414 g/mol. The Labute approximate surface area is 166 Å². The first-order chi connectivity index (χ1) is 12.8. The minimum absolute atomic E-state index is 0.113. The van der Waals surface area contributed by atoms with Crippen LogP contribution in [-0.2, 0) is 14.8 Å². The summed E-state index contributed by atoms with van der Waals surface area (Å²) < 4.78 is 25.8. The minimum atomic E-state index is -3.58. The predicted octanol–water partition coefficient (Wildman–Crippen LogP) is 1.77. The van der Waals surface area contributed by atoms with E-state index in [-0.39, 0.29) is 10.8 Å². The molecule has 0 aromatic heterocycles. The summed E-state index contributed by atoms with van der Waals surface area (Å²) in [7, 11) is -0.627. The van der Waals surface area contributed by atoms with E-state index in [1.165, 1.54) is 75.7 Å². The second-order valence-electron chi connectivity index (χ2n) is 7.86. The van der Waals surface area contributed by atoms with Crippen LogP contribution in [0.3, 0.4) is 0 Å². The Hall–Kier alpha value is -1.15. The van der Waals surface area contributed by atoms with Crippen LogP contribution in [0.25, 0.3) is 0 Å². The van der Waals surface area contributed by atoms with Gasteiger partial charge in [-0.2, -0.15) is 0 Å². The van der Waals surface area contributed by atoms with Crippen LogP contribution in [0.1, 0.15) is 38.5 Å². The number of halogens is 1. The lowest BCUT2D eigenvalue weighted by molar-refractivity contribution is -0.928. The van der Waals surface area contributed by atoms with Crippen LogP contribution < -0.4 is 10.2 Å². The number of piperidine rings is 1. The van der Waals surface area contributed by atoms with Crippen LogP contribution in [-0.4, -0.2) is 51.9 Å². The third kappa shape index (κ3) is 4.65. The number of likely N-dealkylation sites (tertiary alicyclic amines) is 1. The molecule has 6 nitrogen and oxygen atoms in total. The number of amides is 1. The molecule has 1 saturated carbocycles. The van der Waals surface area contributed by atoms with Crippen LogP contribution in [0.5, 0.6) is 0 Å². The number of benzene rings is 1. The van der Waals surface area contributed by atoms with Crippen LogP contribution in [0, 0.1) is 5.92 Å². The first kappa shape index (κ1) is 20.6. The predicted molar refractivity (Wildman–Crippen MR) is 107 cm³/mol. The van der Waals surface area contributed by atoms with E-state index in [4.69, 9.17) is 11.6 Å². The molecule has 0 spiro atoms. The van der Waals surface area contributed by atoms with Crippen molar-refractivity contribution in [2.24, 2.45) is 5.92 Å². The Morgan fingerprint density at radius 3 is 2.67 bits per heavy atom. The van der Waals surface area contributed by atoms with Crippen molar-refractivity contribution in [2.45, 2.75) is 49.5 Å². The normalized spacial score (nSPS) is 25.9. The highest BCUT2D eigenvalue weighted by Crippen LogP contribution is 2.29. The van der Waals surface area contributed by atoms with Gasteiger partial charge in [-0.3, -0.25) is 4.79 Å². The molecule has 1 aliphatic heterocycles. The number of nitrogens with zero attached hydrogens (tertiary/aromatic N) is 1. The van der Waals surface area contributed by atoms with E-state index in [1.54, 1.807) is 0 Å². The summed E-state index contributed by atoms with van der Waals surface area (Å²) in [5, 5.41) is 3.17. The number of carbonyl (C=O) groups excluding carboxylic acids is 1. The molecule has 2 N–H and O–H groups in total. The molecule has 150 valence electrons. The van der Waals surface area contributed by atoms with E-state index in [0.29, 0.717) is 23.3 Å². The minimum Gasteiger partial charge on any atom is -0.324 e. The number of anilines is 1. The summed E-state index contributed by atoms with van der Waals surface area (Å²) in [4.78, 5) is 14.1. The average molecular weight is 415 g/mol. The molecule has 1 aromatic rings. The summed E-state index contributed by atoms with van der Waals surface area (Å²) in [6.45, 7) is 1.43. The number of quaternary nitrogens is 1. The van der Waals surface area contributed by atoms with Crippen LogP contribution >= 0.6 is 11.6 Å². The van der Waals surface area contributed by atoms with E-state index >= 15 is 0 Å². The standard InChI is InChI=1S/C19H28ClN3O3S/c1-22(2)27(25,26)15-9-10-16(20)17(12-15)21-19(24)13-23-11-5-7-14-6-3-4-8-18(14)23/h9-10,12,14,18H,3-8,11,13H2,1-2H3,(H,21,24)/p+1/t14-,18+/m1/s1. The number of carbonyl (C=O) groups is 1. The molecule has 1 heterocycles. The zero-order valence-corrected chi connectivity index (χ0v) is 17.6. The van der Waals surface area contributed by atoms with Crippen molar-refractivity contribution in [3.8, 4) is 0 Å². The molecule has 1 aliphatic carbocycles. The van der Waals surface area contributed by atoms with E-state index in [0.717, 1.165) is 16.8 Å². The maximum atomic E-state index is 12.7. The molecular formula is C19H29ClN3O3S+. The Morgan fingerprint density at radius 1 is 1.22 bits per heavy atom. The van der Waals surface area contributed by atoms with Crippen molar-refractivity contribution in [3.63, 3.8) is 0 Å². The molecule has 3 atom stereocenters.